The predicted octanol–water partition coefficient (Wildman–Crippen LogP) is 7.44. The SMILES string of the molecule is CCOc1cc(C)ccc1C1CCN(CCCCNS(=O)(=O)c2ccc(-c3ccc(C(F)(F)F)cc3)cc2)CC1.Cl. The number of benzene rings is 3. The van der Waals surface area contributed by atoms with Gasteiger partial charge in [-0.15, -0.1) is 12.4 Å². The summed E-state index contributed by atoms with van der Waals surface area (Å²) in [4.78, 5) is 2.58. The van der Waals surface area contributed by atoms with Gasteiger partial charge in [-0.1, -0.05) is 36.4 Å². The Morgan fingerprint density at radius 1 is 0.927 bits per heavy atom. The van der Waals surface area contributed by atoms with Crippen molar-refractivity contribution in [2.24, 2.45) is 0 Å². The van der Waals surface area contributed by atoms with Crippen molar-refractivity contribution in [3.05, 3.63) is 83.4 Å². The van der Waals surface area contributed by atoms with Crippen molar-refractivity contribution in [3.8, 4) is 16.9 Å². The highest BCUT2D eigenvalue weighted by atomic mass is 35.5. The summed E-state index contributed by atoms with van der Waals surface area (Å²) in [6.45, 7) is 8.06. The normalized spacial score (nSPS) is 15.0. The van der Waals surface area contributed by atoms with Gasteiger partial charge in [-0.3, -0.25) is 0 Å². The highest BCUT2D eigenvalue weighted by Gasteiger charge is 2.30. The third-order valence-electron chi connectivity index (χ3n) is 7.40. The van der Waals surface area contributed by atoms with Crippen molar-refractivity contribution in [1.29, 1.82) is 0 Å². The van der Waals surface area contributed by atoms with Crippen LogP contribution in [-0.4, -0.2) is 46.1 Å². The van der Waals surface area contributed by atoms with Crippen molar-refractivity contribution >= 4 is 22.4 Å². The third-order valence-corrected chi connectivity index (χ3v) is 8.88. The number of aryl methyl sites for hydroxylation is 1. The van der Waals surface area contributed by atoms with E-state index in [1.54, 1.807) is 12.1 Å². The van der Waals surface area contributed by atoms with Crippen LogP contribution in [0.15, 0.2) is 71.6 Å². The van der Waals surface area contributed by atoms with E-state index in [1.165, 1.54) is 35.4 Å². The molecule has 0 spiro atoms. The first-order chi connectivity index (χ1) is 19.1. The van der Waals surface area contributed by atoms with Gasteiger partial charge in [0, 0.05) is 6.54 Å². The number of halogens is 4. The summed E-state index contributed by atoms with van der Waals surface area (Å²) < 4.78 is 72.3. The van der Waals surface area contributed by atoms with Gasteiger partial charge in [0.2, 0.25) is 10.0 Å². The van der Waals surface area contributed by atoms with Crippen molar-refractivity contribution < 1.29 is 26.3 Å². The zero-order valence-electron chi connectivity index (χ0n) is 23.4. The molecule has 0 aromatic heterocycles. The number of likely N-dealkylation sites (tertiary alicyclic amines) is 1. The molecule has 0 saturated carbocycles. The Morgan fingerprint density at radius 3 is 2.12 bits per heavy atom. The maximum absolute atomic E-state index is 12.8. The van der Waals surface area contributed by atoms with Gasteiger partial charge < -0.3 is 9.64 Å². The lowest BCUT2D eigenvalue weighted by atomic mass is 9.88. The number of nitrogens with one attached hydrogen (secondary N) is 1. The average molecular weight is 611 g/mol. The number of alkyl halides is 3. The summed E-state index contributed by atoms with van der Waals surface area (Å²) in [7, 11) is -3.66. The monoisotopic (exact) mass is 610 g/mol. The van der Waals surface area contributed by atoms with Crippen LogP contribution in [0.2, 0.25) is 0 Å². The van der Waals surface area contributed by atoms with E-state index in [1.807, 2.05) is 6.92 Å². The van der Waals surface area contributed by atoms with E-state index in [9.17, 15) is 21.6 Å². The lowest BCUT2D eigenvalue weighted by molar-refractivity contribution is -0.137. The summed E-state index contributed by atoms with van der Waals surface area (Å²) in [5, 5.41) is 0. The van der Waals surface area contributed by atoms with Gasteiger partial charge in [0.15, 0.2) is 0 Å². The van der Waals surface area contributed by atoms with Crippen LogP contribution in [0.25, 0.3) is 11.1 Å². The Hall–Kier alpha value is -2.59. The highest BCUT2D eigenvalue weighted by molar-refractivity contribution is 7.89. The quantitative estimate of drug-likeness (QED) is 0.229. The largest absolute Gasteiger partial charge is 0.494 e. The molecule has 1 saturated heterocycles. The molecule has 4 rings (SSSR count). The van der Waals surface area contributed by atoms with Crippen molar-refractivity contribution in [1.82, 2.24) is 9.62 Å². The highest BCUT2D eigenvalue weighted by Crippen LogP contribution is 2.35. The van der Waals surface area contributed by atoms with Crippen molar-refractivity contribution in [2.75, 3.05) is 32.8 Å². The van der Waals surface area contributed by atoms with Crippen LogP contribution in [-0.2, 0) is 16.2 Å². The molecule has 0 radical (unpaired) electrons. The van der Waals surface area contributed by atoms with Gasteiger partial charge in [0.05, 0.1) is 17.1 Å². The minimum Gasteiger partial charge on any atom is -0.494 e. The third kappa shape index (κ3) is 8.95. The van der Waals surface area contributed by atoms with Crippen LogP contribution in [0.1, 0.15) is 55.2 Å². The molecule has 0 atom stereocenters. The first-order valence-corrected chi connectivity index (χ1v) is 15.3. The number of ether oxygens (including phenoxy) is 1. The molecule has 0 unspecified atom stereocenters. The summed E-state index contributed by atoms with van der Waals surface area (Å²) in [5.74, 6) is 1.50. The number of sulfonamides is 1. The molecular weight excluding hydrogens is 573 g/mol. The van der Waals surface area contributed by atoms with E-state index in [4.69, 9.17) is 4.74 Å². The topological polar surface area (TPSA) is 58.6 Å². The lowest BCUT2D eigenvalue weighted by Crippen LogP contribution is -2.34. The van der Waals surface area contributed by atoms with E-state index >= 15 is 0 Å². The molecule has 0 aliphatic carbocycles. The maximum Gasteiger partial charge on any atom is 0.416 e. The fourth-order valence-electron chi connectivity index (χ4n) is 5.16. The second-order valence-corrected chi connectivity index (χ2v) is 12.1. The van der Waals surface area contributed by atoms with Crippen molar-refractivity contribution in [3.63, 3.8) is 0 Å². The second kappa shape index (κ2) is 14.5. The summed E-state index contributed by atoms with van der Waals surface area (Å²) in [6, 6.07) is 17.5. The Bertz CT molecular complexity index is 1360. The Balaban J connectivity index is 0.00000462. The molecule has 5 nitrogen and oxygen atoms in total. The standard InChI is InChI=1S/C31H37F3N2O3S.ClH/c1-3-39-30-22-23(2)6-15-29(30)26-16-20-36(21-17-26)19-5-4-18-35-40(37,38)28-13-9-25(10-14-28)24-7-11-27(12-8-24)31(32,33)34;/h6-15,22,26,35H,3-5,16-21H2,1-2H3;1H. The summed E-state index contributed by atoms with van der Waals surface area (Å²) >= 11 is 0. The molecule has 3 aromatic rings. The number of nitrogens with zero attached hydrogens (tertiary/aromatic N) is 1. The van der Waals surface area contributed by atoms with Crippen molar-refractivity contribution in [2.45, 2.75) is 56.5 Å². The van der Waals surface area contributed by atoms with Gasteiger partial charge in [0.25, 0.3) is 0 Å². The molecule has 1 N–H and O–H groups in total. The minimum atomic E-state index is -4.39. The first kappa shape index (κ1) is 32.9. The van der Waals surface area contributed by atoms with Crippen LogP contribution < -0.4 is 9.46 Å². The van der Waals surface area contributed by atoms with Gasteiger partial charge in [-0.25, -0.2) is 13.1 Å². The molecule has 224 valence electrons. The zero-order valence-corrected chi connectivity index (χ0v) is 25.0. The molecule has 1 aliphatic rings. The lowest BCUT2D eigenvalue weighted by Gasteiger charge is -2.33. The van der Waals surface area contributed by atoms with E-state index in [0.29, 0.717) is 30.2 Å². The second-order valence-electron chi connectivity index (χ2n) is 10.3. The Kier molecular flexibility index (Phi) is 11.7. The van der Waals surface area contributed by atoms with Crippen LogP contribution in [0, 0.1) is 6.92 Å². The fourth-order valence-corrected chi connectivity index (χ4v) is 6.23. The fraction of sp³-hybridized carbons (Fsp3) is 0.419. The van der Waals surface area contributed by atoms with Crippen LogP contribution in [0.5, 0.6) is 5.75 Å². The summed E-state index contributed by atoms with van der Waals surface area (Å²) in [5.41, 5.74) is 3.02. The van der Waals surface area contributed by atoms with Gasteiger partial charge in [0.1, 0.15) is 5.75 Å². The number of piperidine rings is 1. The number of rotatable bonds is 11. The van der Waals surface area contributed by atoms with Gasteiger partial charge >= 0.3 is 6.18 Å². The molecule has 1 fully saturated rings. The number of hydrogen-bond donors (Lipinski definition) is 1. The van der Waals surface area contributed by atoms with E-state index in [0.717, 1.165) is 63.2 Å². The molecular formula is C31H38ClF3N2O3S. The first-order valence-electron chi connectivity index (χ1n) is 13.8. The molecule has 41 heavy (non-hydrogen) atoms. The predicted molar refractivity (Wildman–Crippen MR) is 159 cm³/mol. The maximum atomic E-state index is 12.8. The van der Waals surface area contributed by atoms with E-state index < -0.39 is 21.8 Å². The minimum absolute atomic E-state index is 0. The summed E-state index contributed by atoms with van der Waals surface area (Å²) in [6.07, 6.45) is -0.602. The van der Waals surface area contributed by atoms with Crippen LogP contribution >= 0.6 is 12.4 Å². The zero-order chi connectivity index (χ0) is 28.8. The van der Waals surface area contributed by atoms with E-state index in [2.05, 4.69) is 34.7 Å². The molecule has 0 amide bonds. The smallest absolute Gasteiger partial charge is 0.416 e. The Morgan fingerprint density at radius 2 is 1.54 bits per heavy atom. The molecule has 10 heteroatoms. The number of unbranched alkanes of at least 4 members (excludes halogenated alkanes) is 1. The van der Waals surface area contributed by atoms with Crippen LogP contribution in [0.4, 0.5) is 13.2 Å². The molecule has 1 aliphatic heterocycles. The van der Waals surface area contributed by atoms with E-state index in [-0.39, 0.29) is 17.3 Å². The molecule has 3 aromatic carbocycles. The molecule has 0 bridgehead atoms. The van der Waals surface area contributed by atoms with Crippen LogP contribution in [0.3, 0.4) is 0 Å². The Labute approximate surface area is 247 Å². The molecule has 1 heterocycles. The average Bonchev–Trinajstić information content (AvgIpc) is 2.93. The van der Waals surface area contributed by atoms with Gasteiger partial charge in [-0.2, -0.15) is 13.2 Å². The van der Waals surface area contributed by atoms with Gasteiger partial charge in [-0.05, 0) is 118 Å². The number of hydrogen-bond acceptors (Lipinski definition) is 4.